The molecule has 0 aliphatic rings. The van der Waals surface area contributed by atoms with Crippen molar-refractivity contribution < 1.29 is 17.9 Å². The van der Waals surface area contributed by atoms with Crippen LogP contribution in [0, 0.1) is 0 Å². The molecule has 3 rings (SSSR count). The lowest BCUT2D eigenvalue weighted by Crippen LogP contribution is -2.20. The first kappa shape index (κ1) is 20.6. The van der Waals surface area contributed by atoms with Gasteiger partial charge in [0, 0.05) is 12.6 Å². The van der Waals surface area contributed by atoms with Gasteiger partial charge < -0.3 is 10.1 Å². The molecule has 0 bridgehead atoms. The van der Waals surface area contributed by atoms with Gasteiger partial charge in [-0.25, -0.2) is 13.1 Å². The molecule has 0 aliphatic carbocycles. The van der Waals surface area contributed by atoms with Crippen molar-refractivity contribution in [3.8, 4) is 5.75 Å². The number of fused-ring (bicyclic) bond motifs is 1. The number of hydrogen-bond acceptors (Lipinski definition) is 4. The molecule has 6 nitrogen and oxygen atoms in total. The van der Waals surface area contributed by atoms with Gasteiger partial charge in [-0.2, -0.15) is 0 Å². The van der Waals surface area contributed by atoms with Crippen molar-refractivity contribution in [3.63, 3.8) is 0 Å². The van der Waals surface area contributed by atoms with E-state index >= 15 is 0 Å². The number of rotatable bonds is 7. The van der Waals surface area contributed by atoms with Gasteiger partial charge in [-0.15, -0.1) is 0 Å². The molecule has 2 N–H and O–H groups in total. The molecule has 3 aromatic rings. The molecule has 0 aliphatic heterocycles. The zero-order valence-electron chi connectivity index (χ0n) is 16.2. The average molecular weight is 410 g/mol. The second-order valence-corrected chi connectivity index (χ2v) is 8.26. The number of carbonyl (C=O) groups is 1. The number of benzene rings is 3. The highest BCUT2D eigenvalue weighted by atomic mass is 32.2. The van der Waals surface area contributed by atoms with Gasteiger partial charge in [-0.05, 0) is 65.4 Å². The summed E-state index contributed by atoms with van der Waals surface area (Å²) in [6, 6.07) is 18.1. The Morgan fingerprint density at radius 3 is 2.38 bits per heavy atom. The third-order valence-electron chi connectivity index (χ3n) is 4.46. The van der Waals surface area contributed by atoms with Crippen LogP contribution in [0.15, 0.2) is 71.6 Å². The fourth-order valence-electron chi connectivity index (χ4n) is 2.81. The second-order valence-electron chi connectivity index (χ2n) is 6.38. The van der Waals surface area contributed by atoms with E-state index in [2.05, 4.69) is 10.0 Å². The zero-order chi connectivity index (χ0) is 20.9. The van der Waals surface area contributed by atoms with Crippen LogP contribution in [0.5, 0.6) is 5.75 Å². The molecule has 0 heterocycles. The number of ether oxygens (including phenoxy) is 1. The molecule has 0 atom stereocenters. The van der Waals surface area contributed by atoms with E-state index in [1.807, 2.05) is 36.4 Å². The number of nitrogens with one attached hydrogen (secondary N) is 2. The van der Waals surface area contributed by atoms with Crippen molar-refractivity contribution in [2.45, 2.75) is 11.4 Å². The Morgan fingerprint density at radius 2 is 1.69 bits per heavy atom. The van der Waals surface area contributed by atoms with Crippen LogP contribution in [-0.4, -0.2) is 28.5 Å². The summed E-state index contributed by atoms with van der Waals surface area (Å²) in [6.45, 7) is 0.407. The summed E-state index contributed by atoms with van der Waals surface area (Å²) in [6.07, 6.45) is 3.06. The van der Waals surface area contributed by atoms with Gasteiger partial charge in [0.05, 0.1) is 12.0 Å². The molecule has 0 saturated heterocycles. The Morgan fingerprint density at radius 1 is 1.00 bits per heavy atom. The van der Waals surface area contributed by atoms with Crippen molar-refractivity contribution in [2.75, 3.05) is 14.2 Å². The van der Waals surface area contributed by atoms with Crippen LogP contribution >= 0.6 is 0 Å². The van der Waals surface area contributed by atoms with Gasteiger partial charge in [0.25, 0.3) is 0 Å². The molecule has 150 valence electrons. The maximum Gasteiger partial charge on any atom is 0.244 e. The Labute approximate surface area is 170 Å². The Hall–Kier alpha value is -3.16. The number of carbonyl (C=O) groups excluding carboxylic acids is 1. The van der Waals surface area contributed by atoms with Gasteiger partial charge in [-0.3, -0.25) is 4.79 Å². The summed E-state index contributed by atoms with van der Waals surface area (Å²) in [5.41, 5.74) is 1.72. The number of sulfonamides is 1. The van der Waals surface area contributed by atoms with Crippen molar-refractivity contribution in [1.29, 1.82) is 0 Å². The maximum atomic E-state index is 12.1. The molecule has 0 unspecified atom stereocenters. The average Bonchev–Trinajstić information content (AvgIpc) is 2.76. The SMILES string of the molecule is CNS(=O)(=O)c1ccc(/C=C/C(=O)NCc2ccc3cc(OC)ccc3c2)cc1. The first-order valence-electron chi connectivity index (χ1n) is 8.97. The highest BCUT2D eigenvalue weighted by Gasteiger charge is 2.09. The van der Waals surface area contributed by atoms with Crippen LogP contribution in [0.2, 0.25) is 0 Å². The summed E-state index contributed by atoms with van der Waals surface area (Å²) in [5, 5.41) is 4.99. The molecule has 29 heavy (non-hydrogen) atoms. The fourth-order valence-corrected chi connectivity index (χ4v) is 3.54. The fraction of sp³-hybridized carbons (Fsp3) is 0.136. The van der Waals surface area contributed by atoms with E-state index in [4.69, 9.17) is 4.74 Å². The monoisotopic (exact) mass is 410 g/mol. The Kier molecular flexibility index (Phi) is 6.31. The third-order valence-corrected chi connectivity index (χ3v) is 5.90. The van der Waals surface area contributed by atoms with Crippen molar-refractivity contribution in [1.82, 2.24) is 10.0 Å². The molecule has 3 aromatic carbocycles. The number of hydrogen-bond donors (Lipinski definition) is 2. The first-order chi connectivity index (χ1) is 13.9. The lowest BCUT2D eigenvalue weighted by molar-refractivity contribution is -0.116. The van der Waals surface area contributed by atoms with Crippen LogP contribution < -0.4 is 14.8 Å². The first-order valence-corrected chi connectivity index (χ1v) is 10.5. The number of amides is 1. The molecule has 0 radical (unpaired) electrons. The second kappa shape index (κ2) is 8.89. The van der Waals surface area contributed by atoms with E-state index in [1.54, 1.807) is 25.3 Å². The third kappa shape index (κ3) is 5.22. The van der Waals surface area contributed by atoms with E-state index < -0.39 is 10.0 Å². The van der Waals surface area contributed by atoms with Gasteiger partial charge in [0.2, 0.25) is 15.9 Å². The quantitative estimate of drug-likeness (QED) is 0.586. The summed E-state index contributed by atoms with van der Waals surface area (Å²) in [7, 11) is -0.468. The molecule has 1 amide bonds. The minimum absolute atomic E-state index is 0.176. The van der Waals surface area contributed by atoms with E-state index in [0.29, 0.717) is 6.54 Å². The van der Waals surface area contributed by atoms with E-state index in [0.717, 1.165) is 27.6 Å². The highest BCUT2D eigenvalue weighted by molar-refractivity contribution is 7.89. The standard InChI is InChI=1S/C22H22N2O4S/c1-23-29(26,27)21-10-4-16(5-11-21)6-12-22(25)24-15-17-3-7-19-14-20(28-2)9-8-18(19)13-17/h3-14,23H,15H2,1-2H3,(H,24,25)/b12-6+. The van der Waals surface area contributed by atoms with Gasteiger partial charge in [0.1, 0.15) is 5.75 Å². The summed E-state index contributed by atoms with van der Waals surface area (Å²) in [5.74, 6) is 0.576. The van der Waals surface area contributed by atoms with Gasteiger partial charge in [-0.1, -0.05) is 30.3 Å². The van der Waals surface area contributed by atoms with Gasteiger partial charge >= 0.3 is 0 Å². The number of methoxy groups -OCH3 is 1. The lowest BCUT2D eigenvalue weighted by atomic mass is 10.1. The van der Waals surface area contributed by atoms with Crippen LogP contribution in [0.4, 0.5) is 0 Å². The topological polar surface area (TPSA) is 84.5 Å². The summed E-state index contributed by atoms with van der Waals surface area (Å²) < 4.78 is 30.9. The normalized spacial score (nSPS) is 11.7. The van der Waals surface area contributed by atoms with Crippen LogP contribution in [0.3, 0.4) is 0 Å². The zero-order valence-corrected chi connectivity index (χ0v) is 17.0. The smallest absolute Gasteiger partial charge is 0.244 e. The largest absolute Gasteiger partial charge is 0.497 e. The molecule has 0 aromatic heterocycles. The van der Waals surface area contributed by atoms with Crippen molar-refractivity contribution >= 4 is 32.8 Å². The summed E-state index contributed by atoms with van der Waals surface area (Å²) >= 11 is 0. The van der Waals surface area contributed by atoms with Crippen molar-refractivity contribution in [2.24, 2.45) is 0 Å². The van der Waals surface area contributed by atoms with Crippen molar-refractivity contribution in [3.05, 3.63) is 77.9 Å². The van der Waals surface area contributed by atoms with Crippen LogP contribution in [0.25, 0.3) is 16.8 Å². The predicted octanol–water partition coefficient (Wildman–Crippen LogP) is 3.09. The highest BCUT2D eigenvalue weighted by Crippen LogP contribution is 2.21. The predicted molar refractivity (Wildman–Crippen MR) is 114 cm³/mol. The minimum atomic E-state index is -3.47. The van der Waals surface area contributed by atoms with Crippen LogP contribution in [0.1, 0.15) is 11.1 Å². The molecule has 0 saturated carbocycles. The molecular formula is C22H22N2O4S. The van der Waals surface area contributed by atoms with Crippen LogP contribution in [-0.2, 0) is 21.4 Å². The molecule has 7 heteroatoms. The van der Waals surface area contributed by atoms with E-state index in [9.17, 15) is 13.2 Å². The minimum Gasteiger partial charge on any atom is -0.497 e. The Balaban J connectivity index is 1.60. The lowest BCUT2D eigenvalue weighted by Gasteiger charge is -2.06. The molecule has 0 fully saturated rings. The van der Waals surface area contributed by atoms with E-state index in [-0.39, 0.29) is 10.8 Å². The van der Waals surface area contributed by atoms with Gasteiger partial charge in [0.15, 0.2) is 0 Å². The maximum absolute atomic E-state index is 12.1. The van der Waals surface area contributed by atoms with E-state index in [1.165, 1.54) is 25.3 Å². The summed E-state index contributed by atoms with van der Waals surface area (Å²) in [4.78, 5) is 12.3. The molecule has 0 spiro atoms. The Bertz CT molecular complexity index is 1150. The molecular weight excluding hydrogens is 388 g/mol.